The number of nitrogens with one attached hydrogen (secondary N) is 2. The molecule has 4 rings (SSSR count). The van der Waals surface area contributed by atoms with E-state index in [1.54, 1.807) is 36.5 Å². The minimum absolute atomic E-state index is 0.226. The molecular formula is C24H21ClN4O2. The summed E-state index contributed by atoms with van der Waals surface area (Å²) >= 11 is 5.91. The second kappa shape index (κ2) is 9.55. The highest BCUT2D eigenvalue weighted by Gasteiger charge is 2.17. The lowest BCUT2D eigenvalue weighted by Gasteiger charge is -2.16. The fourth-order valence-corrected chi connectivity index (χ4v) is 3.42. The zero-order chi connectivity index (χ0) is 21.6. The first-order chi connectivity index (χ1) is 15.1. The highest BCUT2D eigenvalue weighted by atomic mass is 35.5. The molecule has 2 aromatic carbocycles. The smallest absolute Gasteiger partial charge is 0.268 e. The number of carbonyl (C=O) groups excluding carboxylic acids is 1. The number of aliphatic hydroxyl groups excluding tert-OH is 1. The predicted molar refractivity (Wildman–Crippen MR) is 120 cm³/mol. The Hall–Kier alpha value is -3.48. The molecule has 0 aliphatic rings. The van der Waals surface area contributed by atoms with Gasteiger partial charge < -0.3 is 15.4 Å². The molecule has 0 saturated carbocycles. The second-order valence-corrected chi connectivity index (χ2v) is 7.56. The summed E-state index contributed by atoms with van der Waals surface area (Å²) < 4.78 is 0. The van der Waals surface area contributed by atoms with Crippen LogP contribution >= 0.6 is 11.6 Å². The number of carbonyl (C=O) groups is 1. The van der Waals surface area contributed by atoms with E-state index in [-0.39, 0.29) is 12.5 Å². The predicted octanol–water partition coefficient (Wildman–Crippen LogP) is 4.18. The fraction of sp³-hybridized carbons (Fsp3) is 0.125. The third-order valence-corrected chi connectivity index (χ3v) is 5.19. The van der Waals surface area contributed by atoms with Crippen molar-refractivity contribution in [2.75, 3.05) is 6.61 Å². The third kappa shape index (κ3) is 5.17. The zero-order valence-electron chi connectivity index (χ0n) is 16.6. The summed E-state index contributed by atoms with van der Waals surface area (Å²) in [4.78, 5) is 24.4. The van der Waals surface area contributed by atoms with E-state index in [4.69, 9.17) is 11.6 Å². The monoisotopic (exact) mass is 432 g/mol. The zero-order valence-corrected chi connectivity index (χ0v) is 17.4. The van der Waals surface area contributed by atoms with Gasteiger partial charge in [-0.25, -0.2) is 9.97 Å². The van der Waals surface area contributed by atoms with Crippen molar-refractivity contribution in [3.63, 3.8) is 0 Å². The van der Waals surface area contributed by atoms with Crippen molar-refractivity contribution >= 4 is 17.5 Å². The normalized spacial score (nSPS) is 11.8. The lowest BCUT2D eigenvalue weighted by Crippen LogP contribution is -2.30. The van der Waals surface area contributed by atoms with Gasteiger partial charge in [-0.2, -0.15) is 0 Å². The highest BCUT2D eigenvalue weighted by molar-refractivity contribution is 6.30. The van der Waals surface area contributed by atoms with Crippen LogP contribution in [0.3, 0.4) is 0 Å². The van der Waals surface area contributed by atoms with E-state index < -0.39 is 6.04 Å². The van der Waals surface area contributed by atoms with Gasteiger partial charge in [0.05, 0.1) is 18.3 Å². The van der Waals surface area contributed by atoms with Crippen molar-refractivity contribution in [3.05, 3.63) is 107 Å². The number of nitrogens with zero attached hydrogens (tertiary/aromatic N) is 2. The van der Waals surface area contributed by atoms with Gasteiger partial charge in [0, 0.05) is 28.9 Å². The van der Waals surface area contributed by atoms with E-state index in [1.807, 2.05) is 24.3 Å². The Labute approximate surface area is 185 Å². The Bertz CT molecular complexity index is 1160. The summed E-state index contributed by atoms with van der Waals surface area (Å²) in [7, 11) is 0. The maximum absolute atomic E-state index is 12.7. The Kier molecular flexibility index (Phi) is 6.40. The van der Waals surface area contributed by atoms with Crippen LogP contribution < -0.4 is 5.32 Å². The average molecular weight is 433 g/mol. The molecule has 31 heavy (non-hydrogen) atoms. The molecular weight excluding hydrogens is 412 g/mol. The van der Waals surface area contributed by atoms with Crippen molar-refractivity contribution in [1.29, 1.82) is 0 Å². The molecule has 3 N–H and O–H groups in total. The molecule has 0 aliphatic carbocycles. The first-order valence-corrected chi connectivity index (χ1v) is 10.2. The van der Waals surface area contributed by atoms with Crippen molar-refractivity contribution in [2.45, 2.75) is 12.5 Å². The molecule has 2 aromatic heterocycles. The minimum atomic E-state index is -0.534. The molecule has 0 fully saturated rings. The Morgan fingerprint density at radius 3 is 2.58 bits per heavy atom. The summed E-state index contributed by atoms with van der Waals surface area (Å²) in [6, 6.07) is 20.2. The van der Waals surface area contributed by atoms with E-state index >= 15 is 0 Å². The van der Waals surface area contributed by atoms with Gasteiger partial charge in [-0.3, -0.25) is 4.79 Å². The van der Waals surface area contributed by atoms with Crippen LogP contribution in [0.5, 0.6) is 0 Å². The maximum Gasteiger partial charge on any atom is 0.268 e. The fourth-order valence-electron chi connectivity index (χ4n) is 3.30. The van der Waals surface area contributed by atoms with Gasteiger partial charge in [0.1, 0.15) is 12.0 Å². The molecule has 1 amide bonds. The molecule has 7 heteroatoms. The van der Waals surface area contributed by atoms with Gasteiger partial charge in [0.25, 0.3) is 5.91 Å². The SMILES string of the molecule is O=C(N[C@H](CO)c1ccc(Cl)cc1)c1cc(-c2cc(Cc3ccccc3)ncn2)c[nH]1. The number of hydrogen-bond acceptors (Lipinski definition) is 4. The number of amides is 1. The number of benzene rings is 2. The quantitative estimate of drug-likeness (QED) is 0.408. The second-order valence-electron chi connectivity index (χ2n) is 7.12. The van der Waals surface area contributed by atoms with Crippen molar-refractivity contribution in [3.8, 4) is 11.3 Å². The molecule has 1 atom stereocenters. The minimum Gasteiger partial charge on any atom is -0.394 e. The molecule has 0 unspecified atom stereocenters. The summed E-state index contributed by atoms with van der Waals surface area (Å²) in [5.41, 5.74) is 4.73. The molecule has 4 aromatic rings. The lowest BCUT2D eigenvalue weighted by atomic mass is 10.1. The number of hydrogen-bond donors (Lipinski definition) is 3. The maximum atomic E-state index is 12.7. The number of aromatic nitrogens is 3. The molecule has 0 bridgehead atoms. The summed E-state index contributed by atoms with van der Waals surface area (Å²) in [6.45, 7) is -0.226. The van der Waals surface area contributed by atoms with Crippen LogP contribution in [0.15, 0.2) is 79.3 Å². The number of rotatable bonds is 7. The van der Waals surface area contributed by atoms with Crippen LogP contribution in [-0.4, -0.2) is 32.6 Å². The number of halogens is 1. The van der Waals surface area contributed by atoms with Gasteiger partial charge in [-0.1, -0.05) is 54.1 Å². The van der Waals surface area contributed by atoms with E-state index in [0.29, 0.717) is 17.1 Å². The average Bonchev–Trinajstić information content (AvgIpc) is 3.30. The van der Waals surface area contributed by atoms with Crippen LogP contribution in [-0.2, 0) is 6.42 Å². The molecule has 0 spiro atoms. The van der Waals surface area contributed by atoms with E-state index in [1.165, 1.54) is 11.9 Å². The van der Waals surface area contributed by atoms with Crippen LogP contribution in [0, 0.1) is 0 Å². The van der Waals surface area contributed by atoms with E-state index in [0.717, 1.165) is 22.5 Å². The van der Waals surface area contributed by atoms with Crippen LogP contribution in [0.25, 0.3) is 11.3 Å². The molecule has 6 nitrogen and oxygen atoms in total. The first kappa shape index (κ1) is 20.8. The molecule has 156 valence electrons. The molecule has 0 radical (unpaired) electrons. The summed E-state index contributed by atoms with van der Waals surface area (Å²) in [5.74, 6) is -0.321. The van der Waals surface area contributed by atoms with Gasteiger partial charge in [-0.05, 0) is 35.4 Å². The van der Waals surface area contributed by atoms with Crippen molar-refractivity contribution in [1.82, 2.24) is 20.3 Å². The number of aliphatic hydroxyl groups is 1. The number of H-pyrrole nitrogens is 1. The van der Waals surface area contributed by atoms with Crippen LogP contribution in [0.4, 0.5) is 0 Å². The van der Waals surface area contributed by atoms with E-state index in [2.05, 4.69) is 32.4 Å². The number of aromatic amines is 1. The highest BCUT2D eigenvalue weighted by Crippen LogP contribution is 2.21. The van der Waals surface area contributed by atoms with Crippen molar-refractivity contribution in [2.24, 2.45) is 0 Å². The van der Waals surface area contributed by atoms with Gasteiger partial charge >= 0.3 is 0 Å². The van der Waals surface area contributed by atoms with E-state index in [9.17, 15) is 9.90 Å². The Balaban J connectivity index is 1.48. The van der Waals surface area contributed by atoms with Gasteiger partial charge in [0.2, 0.25) is 0 Å². The summed E-state index contributed by atoms with van der Waals surface area (Å²) in [6.07, 6.45) is 3.97. The Morgan fingerprint density at radius 1 is 1.06 bits per heavy atom. The largest absolute Gasteiger partial charge is 0.394 e. The third-order valence-electron chi connectivity index (χ3n) is 4.94. The topological polar surface area (TPSA) is 90.9 Å². The Morgan fingerprint density at radius 2 is 1.84 bits per heavy atom. The lowest BCUT2D eigenvalue weighted by molar-refractivity contribution is 0.0912. The standard InChI is InChI=1S/C24H21ClN4O2/c25-19-8-6-17(7-9-19)23(14-30)29-24(31)22-11-18(13-26-22)21-12-20(27-15-28-21)10-16-4-2-1-3-5-16/h1-9,11-13,15,23,26,30H,10,14H2,(H,29,31)/t23-/m1/s1. The van der Waals surface area contributed by atoms with Gasteiger partial charge in [0.15, 0.2) is 0 Å². The van der Waals surface area contributed by atoms with Crippen molar-refractivity contribution < 1.29 is 9.90 Å². The molecule has 0 saturated heterocycles. The molecule has 2 heterocycles. The van der Waals surface area contributed by atoms with Crippen LogP contribution in [0.2, 0.25) is 5.02 Å². The molecule has 0 aliphatic heterocycles. The first-order valence-electron chi connectivity index (χ1n) is 9.83. The van der Waals surface area contributed by atoms with Crippen LogP contribution in [0.1, 0.15) is 33.4 Å². The summed E-state index contributed by atoms with van der Waals surface area (Å²) in [5, 5.41) is 13.1. The van der Waals surface area contributed by atoms with Gasteiger partial charge in [-0.15, -0.1) is 0 Å².